The highest BCUT2D eigenvalue weighted by Crippen LogP contribution is 2.37. The maximum atomic E-state index is 11.4. The van der Waals surface area contributed by atoms with E-state index < -0.39 is 0 Å². The van der Waals surface area contributed by atoms with Crippen molar-refractivity contribution >= 4 is 34.0 Å². The highest BCUT2D eigenvalue weighted by molar-refractivity contribution is 6.30. The zero-order chi connectivity index (χ0) is 16.6. The number of pyridine rings is 1. The van der Waals surface area contributed by atoms with E-state index in [2.05, 4.69) is 35.9 Å². The maximum Gasteiger partial charge on any atom is 0.305 e. The molecule has 122 valence electrons. The fraction of sp³-hybridized carbons (Fsp3) is 0.444. The average molecular weight is 333 g/mol. The molecule has 1 fully saturated rings. The van der Waals surface area contributed by atoms with Gasteiger partial charge in [-0.3, -0.25) is 4.79 Å². The summed E-state index contributed by atoms with van der Waals surface area (Å²) in [5, 5.41) is 2.80. The Kier molecular flexibility index (Phi) is 4.44. The van der Waals surface area contributed by atoms with Crippen molar-refractivity contribution in [2.24, 2.45) is 5.92 Å². The lowest BCUT2D eigenvalue weighted by atomic mass is 9.92. The Morgan fingerprint density at radius 2 is 2.13 bits per heavy atom. The molecule has 1 aromatic heterocycles. The summed E-state index contributed by atoms with van der Waals surface area (Å²) in [7, 11) is 1.44. The lowest BCUT2D eigenvalue weighted by molar-refractivity contribution is -0.141. The molecule has 0 aliphatic carbocycles. The molecule has 1 saturated heterocycles. The first-order valence-electron chi connectivity index (χ1n) is 7.89. The summed E-state index contributed by atoms with van der Waals surface area (Å²) in [6.07, 6.45) is 2.34. The Labute approximate surface area is 141 Å². The molecule has 0 amide bonds. The van der Waals surface area contributed by atoms with Gasteiger partial charge in [0.1, 0.15) is 5.15 Å². The normalized spacial score (nSPS) is 15.1. The van der Waals surface area contributed by atoms with Crippen LogP contribution in [-0.4, -0.2) is 31.2 Å². The monoisotopic (exact) mass is 332 g/mol. The molecule has 23 heavy (non-hydrogen) atoms. The van der Waals surface area contributed by atoms with Gasteiger partial charge < -0.3 is 9.64 Å². The van der Waals surface area contributed by atoms with Crippen LogP contribution < -0.4 is 4.90 Å². The number of ether oxygens (including phenoxy) is 1. The van der Waals surface area contributed by atoms with Gasteiger partial charge in [-0.15, -0.1) is 0 Å². The van der Waals surface area contributed by atoms with Crippen molar-refractivity contribution in [3.63, 3.8) is 0 Å². The van der Waals surface area contributed by atoms with Crippen LogP contribution in [0.2, 0.25) is 5.15 Å². The van der Waals surface area contributed by atoms with Crippen LogP contribution in [0.15, 0.2) is 24.4 Å². The lowest BCUT2D eigenvalue weighted by Gasteiger charge is -2.41. The predicted octanol–water partition coefficient (Wildman–Crippen LogP) is 4.01. The van der Waals surface area contributed by atoms with E-state index in [-0.39, 0.29) is 5.97 Å². The predicted molar refractivity (Wildman–Crippen MR) is 93.2 cm³/mol. The molecule has 0 atom stereocenters. The largest absolute Gasteiger partial charge is 0.469 e. The summed E-state index contributed by atoms with van der Waals surface area (Å²) in [6.45, 7) is 6.10. The smallest absolute Gasteiger partial charge is 0.305 e. The summed E-state index contributed by atoms with van der Waals surface area (Å²) < 4.78 is 4.74. The summed E-state index contributed by atoms with van der Waals surface area (Å²) in [4.78, 5) is 17.9. The summed E-state index contributed by atoms with van der Waals surface area (Å²) >= 11 is 6.10. The Morgan fingerprint density at radius 3 is 2.78 bits per heavy atom. The second-order valence-electron chi connectivity index (χ2n) is 6.43. The fourth-order valence-electron chi connectivity index (χ4n) is 3.22. The summed E-state index contributed by atoms with van der Waals surface area (Å²) in [6, 6.07) is 6.27. The molecule has 3 rings (SSSR count). The van der Waals surface area contributed by atoms with Crippen LogP contribution in [0.4, 0.5) is 5.69 Å². The van der Waals surface area contributed by atoms with Gasteiger partial charge in [-0.25, -0.2) is 4.98 Å². The van der Waals surface area contributed by atoms with Crippen LogP contribution in [0.25, 0.3) is 10.8 Å². The molecular formula is C18H21ClN2O2. The molecular weight excluding hydrogens is 312 g/mol. The van der Waals surface area contributed by atoms with Gasteiger partial charge in [-0.05, 0) is 29.0 Å². The number of benzene rings is 1. The second kappa shape index (κ2) is 6.36. The average Bonchev–Trinajstić information content (AvgIpc) is 2.48. The summed E-state index contributed by atoms with van der Waals surface area (Å²) in [5.74, 6) is 0.652. The molecule has 0 unspecified atom stereocenters. The van der Waals surface area contributed by atoms with Crippen molar-refractivity contribution in [2.75, 3.05) is 25.1 Å². The highest BCUT2D eigenvalue weighted by Gasteiger charge is 2.30. The van der Waals surface area contributed by atoms with Gasteiger partial charge in [0, 0.05) is 36.3 Å². The molecule has 2 heterocycles. The molecule has 0 bridgehead atoms. The van der Waals surface area contributed by atoms with E-state index in [4.69, 9.17) is 16.3 Å². The van der Waals surface area contributed by atoms with Gasteiger partial charge >= 0.3 is 5.97 Å². The molecule has 0 N–H and O–H groups in total. The van der Waals surface area contributed by atoms with Crippen LogP contribution in [0.5, 0.6) is 0 Å². The SMILES string of the molecule is COC(=O)CC1CN(c2ccc(C(C)C)c3cc(Cl)ncc23)C1. The van der Waals surface area contributed by atoms with Crippen LogP contribution in [0, 0.1) is 5.92 Å². The molecule has 1 aliphatic rings. The Balaban J connectivity index is 1.89. The number of hydrogen-bond acceptors (Lipinski definition) is 4. The van der Waals surface area contributed by atoms with Gasteiger partial charge in [0.25, 0.3) is 0 Å². The van der Waals surface area contributed by atoms with Crippen LogP contribution in [0.3, 0.4) is 0 Å². The number of esters is 1. The third-order valence-electron chi connectivity index (χ3n) is 4.48. The van der Waals surface area contributed by atoms with E-state index in [0.717, 1.165) is 29.5 Å². The third-order valence-corrected chi connectivity index (χ3v) is 4.69. The molecule has 4 nitrogen and oxygen atoms in total. The minimum absolute atomic E-state index is 0.136. The Morgan fingerprint density at radius 1 is 1.39 bits per heavy atom. The quantitative estimate of drug-likeness (QED) is 0.626. The third kappa shape index (κ3) is 3.13. The van der Waals surface area contributed by atoms with Gasteiger partial charge in [-0.1, -0.05) is 31.5 Å². The molecule has 1 aromatic carbocycles. The van der Waals surface area contributed by atoms with Crippen LogP contribution in [-0.2, 0) is 9.53 Å². The first-order chi connectivity index (χ1) is 11.0. The zero-order valence-electron chi connectivity index (χ0n) is 13.7. The van der Waals surface area contributed by atoms with Gasteiger partial charge in [0.15, 0.2) is 0 Å². The number of aromatic nitrogens is 1. The van der Waals surface area contributed by atoms with Gasteiger partial charge in [-0.2, -0.15) is 0 Å². The molecule has 0 radical (unpaired) electrons. The van der Waals surface area contributed by atoms with E-state index in [1.807, 2.05) is 12.3 Å². The van der Waals surface area contributed by atoms with Gasteiger partial charge in [0.2, 0.25) is 0 Å². The number of anilines is 1. The molecule has 5 heteroatoms. The van der Waals surface area contributed by atoms with E-state index in [1.165, 1.54) is 12.7 Å². The van der Waals surface area contributed by atoms with Crippen LogP contribution >= 0.6 is 11.6 Å². The van der Waals surface area contributed by atoms with E-state index >= 15 is 0 Å². The number of fused-ring (bicyclic) bond motifs is 1. The number of methoxy groups -OCH3 is 1. The Bertz CT molecular complexity index is 739. The lowest BCUT2D eigenvalue weighted by Crippen LogP contribution is -2.47. The van der Waals surface area contributed by atoms with E-state index in [0.29, 0.717) is 23.4 Å². The number of nitrogens with zero attached hydrogens (tertiary/aromatic N) is 2. The van der Waals surface area contributed by atoms with E-state index in [9.17, 15) is 4.79 Å². The highest BCUT2D eigenvalue weighted by atomic mass is 35.5. The maximum absolute atomic E-state index is 11.4. The van der Waals surface area contributed by atoms with Crippen molar-refractivity contribution in [3.05, 3.63) is 35.1 Å². The van der Waals surface area contributed by atoms with Crippen molar-refractivity contribution in [2.45, 2.75) is 26.2 Å². The van der Waals surface area contributed by atoms with Crippen molar-refractivity contribution in [1.29, 1.82) is 0 Å². The molecule has 0 spiro atoms. The number of rotatable bonds is 4. The number of hydrogen-bond donors (Lipinski definition) is 0. The minimum atomic E-state index is -0.136. The molecule has 1 aliphatic heterocycles. The minimum Gasteiger partial charge on any atom is -0.469 e. The first-order valence-corrected chi connectivity index (χ1v) is 8.27. The van der Waals surface area contributed by atoms with Crippen LogP contribution in [0.1, 0.15) is 31.7 Å². The fourth-order valence-corrected chi connectivity index (χ4v) is 3.37. The van der Waals surface area contributed by atoms with Crippen molar-refractivity contribution in [1.82, 2.24) is 4.98 Å². The molecule has 0 saturated carbocycles. The number of halogens is 1. The Hall–Kier alpha value is -1.81. The standard InChI is InChI=1S/C18H21ClN2O2/c1-11(2)13-4-5-16(15-8-20-17(19)7-14(13)15)21-9-12(10-21)6-18(22)23-3/h4-5,7-8,11-12H,6,9-10H2,1-3H3. The topological polar surface area (TPSA) is 42.4 Å². The number of carbonyl (C=O) groups excluding carboxylic acids is 1. The second-order valence-corrected chi connectivity index (χ2v) is 6.82. The van der Waals surface area contributed by atoms with Crippen molar-refractivity contribution in [3.8, 4) is 0 Å². The zero-order valence-corrected chi connectivity index (χ0v) is 14.4. The molecule has 2 aromatic rings. The number of carbonyl (C=O) groups is 1. The first kappa shape index (κ1) is 16.1. The van der Waals surface area contributed by atoms with E-state index in [1.54, 1.807) is 0 Å². The van der Waals surface area contributed by atoms with Gasteiger partial charge in [0.05, 0.1) is 13.5 Å². The van der Waals surface area contributed by atoms with Crippen molar-refractivity contribution < 1.29 is 9.53 Å². The summed E-state index contributed by atoms with van der Waals surface area (Å²) in [5.41, 5.74) is 2.44.